The first-order chi connectivity index (χ1) is 10.0. The quantitative estimate of drug-likeness (QED) is 0.695. The summed E-state index contributed by atoms with van der Waals surface area (Å²) >= 11 is 0. The molecule has 21 heavy (non-hydrogen) atoms. The first-order valence-electron chi connectivity index (χ1n) is 7.82. The van der Waals surface area contributed by atoms with Crippen LogP contribution < -0.4 is 5.11 Å². The van der Waals surface area contributed by atoms with E-state index < -0.39 is 29.4 Å². The van der Waals surface area contributed by atoms with E-state index in [0.29, 0.717) is 25.2 Å². The number of carbonyl (C=O) groups excluding carboxylic acids is 1. The van der Waals surface area contributed by atoms with Crippen molar-refractivity contribution in [3.63, 3.8) is 0 Å². The summed E-state index contributed by atoms with van der Waals surface area (Å²) < 4.78 is 12.1. The standard InChI is InChI=1S/C15H22O6/c16-6-11-12(7-17)21-15(20-11)9-1-8-2-10(15)5-14(3-8,4-9)13(18)19/h8-12,16-17H,1-7H2,(H,18,19)/p-1. The molecule has 6 heteroatoms. The van der Waals surface area contributed by atoms with Gasteiger partial charge in [-0.05, 0) is 38.0 Å². The van der Waals surface area contributed by atoms with Crippen LogP contribution in [0, 0.1) is 23.2 Å². The SMILES string of the molecule is O=C([O-])C12CC3CC(C1)C1(OC(CO)C(CO)O1)C(C3)C2. The highest BCUT2D eigenvalue weighted by Crippen LogP contribution is 2.66. The molecule has 5 aliphatic rings. The summed E-state index contributed by atoms with van der Waals surface area (Å²) in [5.41, 5.74) is -0.722. The molecule has 1 spiro atoms. The molecule has 1 saturated heterocycles. The maximum atomic E-state index is 11.6. The number of carboxylic acids is 1. The molecule has 0 aromatic carbocycles. The predicted molar refractivity (Wildman–Crippen MR) is 67.6 cm³/mol. The van der Waals surface area contributed by atoms with Gasteiger partial charge in [-0.1, -0.05) is 0 Å². The Morgan fingerprint density at radius 3 is 2.00 bits per heavy atom. The molecular formula is C15H21O6-. The van der Waals surface area contributed by atoms with Crippen LogP contribution in [0.4, 0.5) is 0 Å². The first-order valence-corrected chi connectivity index (χ1v) is 7.82. The zero-order valence-electron chi connectivity index (χ0n) is 11.9. The van der Waals surface area contributed by atoms with E-state index in [1.807, 2.05) is 0 Å². The Morgan fingerprint density at radius 1 is 1.05 bits per heavy atom. The number of rotatable bonds is 3. The minimum absolute atomic E-state index is 0.0206. The van der Waals surface area contributed by atoms with Crippen LogP contribution in [-0.2, 0) is 14.3 Å². The summed E-state index contributed by atoms with van der Waals surface area (Å²) in [6, 6.07) is 0. The van der Waals surface area contributed by atoms with Crippen LogP contribution in [0.3, 0.4) is 0 Å². The van der Waals surface area contributed by atoms with Crippen molar-refractivity contribution < 1.29 is 29.6 Å². The molecule has 0 amide bonds. The second kappa shape index (κ2) is 4.41. The molecular weight excluding hydrogens is 276 g/mol. The monoisotopic (exact) mass is 297 g/mol. The van der Waals surface area contributed by atoms with Gasteiger partial charge in [-0.15, -0.1) is 0 Å². The van der Waals surface area contributed by atoms with Gasteiger partial charge in [0.2, 0.25) is 0 Å². The summed E-state index contributed by atoms with van der Waals surface area (Å²) in [5.74, 6) is -1.30. The van der Waals surface area contributed by atoms with E-state index in [0.717, 1.165) is 12.8 Å². The van der Waals surface area contributed by atoms with E-state index >= 15 is 0 Å². The van der Waals surface area contributed by atoms with Crippen LogP contribution >= 0.6 is 0 Å². The van der Waals surface area contributed by atoms with Gasteiger partial charge in [-0.3, -0.25) is 0 Å². The Morgan fingerprint density at radius 2 is 1.57 bits per heavy atom. The summed E-state index contributed by atoms with van der Waals surface area (Å²) in [6.45, 7) is -0.386. The molecule has 4 aliphatic carbocycles. The fourth-order valence-electron chi connectivity index (χ4n) is 5.52. The Hall–Kier alpha value is -0.690. The summed E-state index contributed by atoms with van der Waals surface area (Å²) in [7, 11) is 0. The number of ether oxygens (including phenoxy) is 2. The molecule has 4 atom stereocenters. The van der Waals surface area contributed by atoms with Crippen LogP contribution in [0.15, 0.2) is 0 Å². The average molecular weight is 297 g/mol. The van der Waals surface area contributed by atoms with E-state index in [2.05, 4.69) is 0 Å². The van der Waals surface area contributed by atoms with Gasteiger partial charge < -0.3 is 29.6 Å². The number of carboxylic acid groups (broad SMARTS) is 1. The maximum absolute atomic E-state index is 11.6. The smallest absolute Gasteiger partial charge is 0.175 e. The Bertz CT molecular complexity index is 433. The molecule has 0 radical (unpaired) electrons. The molecule has 4 saturated carbocycles. The molecule has 5 rings (SSSR count). The third-order valence-electron chi connectivity index (χ3n) is 6.21. The Balaban J connectivity index is 1.67. The summed E-state index contributed by atoms with van der Waals surface area (Å²) in [6.07, 6.45) is 2.53. The predicted octanol–water partition coefficient (Wildman–Crippen LogP) is -0.972. The zero-order chi connectivity index (χ0) is 14.8. The number of hydrogen-bond acceptors (Lipinski definition) is 6. The highest BCUT2D eigenvalue weighted by Gasteiger charge is 2.67. The lowest BCUT2D eigenvalue weighted by Crippen LogP contribution is -2.65. The van der Waals surface area contributed by atoms with Gasteiger partial charge in [-0.25, -0.2) is 0 Å². The minimum Gasteiger partial charge on any atom is -0.550 e. The Labute approximate surface area is 123 Å². The van der Waals surface area contributed by atoms with Crippen molar-refractivity contribution in [3.05, 3.63) is 0 Å². The van der Waals surface area contributed by atoms with Crippen molar-refractivity contribution in [2.24, 2.45) is 23.2 Å². The minimum atomic E-state index is -0.938. The highest BCUT2D eigenvalue weighted by atomic mass is 16.8. The third kappa shape index (κ3) is 1.70. The molecule has 1 heterocycles. The van der Waals surface area contributed by atoms with E-state index in [4.69, 9.17) is 9.47 Å². The van der Waals surface area contributed by atoms with Crippen molar-refractivity contribution in [2.45, 2.75) is 50.1 Å². The maximum Gasteiger partial charge on any atom is 0.175 e. The molecule has 4 bridgehead atoms. The molecule has 0 aromatic rings. The van der Waals surface area contributed by atoms with E-state index in [1.54, 1.807) is 0 Å². The lowest BCUT2D eigenvalue weighted by atomic mass is 9.47. The number of carbonyl (C=O) groups is 1. The van der Waals surface area contributed by atoms with Crippen molar-refractivity contribution in [1.29, 1.82) is 0 Å². The molecule has 1 aliphatic heterocycles. The fourth-order valence-corrected chi connectivity index (χ4v) is 5.52. The lowest BCUT2D eigenvalue weighted by Gasteiger charge is -2.63. The van der Waals surface area contributed by atoms with Crippen LogP contribution in [0.1, 0.15) is 32.1 Å². The molecule has 6 nitrogen and oxygen atoms in total. The Kier molecular flexibility index (Phi) is 2.93. The van der Waals surface area contributed by atoms with Gasteiger partial charge in [0.1, 0.15) is 12.2 Å². The zero-order valence-corrected chi connectivity index (χ0v) is 11.9. The number of aliphatic carboxylic acids is 1. The normalized spacial score (nSPS) is 54.5. The van der Waals surface area contributed by atoms with Gasteiger partial charge in [-0.2, -0.15) is 0 Å². The largest absolute Gasteiger partial charge is 0.550 e. The van der Waals surface area contributed by atoms with E-state index in [9.17, 15) is 20.1 Å². The van der Waals surface area contributed by atoms with E-state index in [1.165, 1.54) is 0 Å². The van der Waals surface area contributed by atoms with Crippen molar-refractivity contribution in [3.8, 4) is 0 Å². The van der Waals surface area contributed by atoms with Crippen molar-refractivity contribution >= 4 is 5.97 Å². The van der Waals surface area contributed by atoms with Gasteiger partial charge in [0.15, 0.2) is 5.79 Å². The lowest BCUT2D eigenvalue weighted by molar-refractivity contribution is -0.350. The van der Waals surface area contributed by atoms with Gasteiger partial charge in [0, 0.05) is 23.2 Å². The van der Waals surface area contributed by atoms with Crippen molar-refractivity contribution in [1.82, 2.24) is 0 Å². The van der Waals surface area contributed by atoms with Crippen LogP contribution in [0.25, 0.3) is 0 Å². The number of aliphatic hydroxyl groups excluding tert-OH is 2. The molecule has 5 fully saturated rings. The second-order valence-corrected chi connectivity index (χ2v) is 7.31. The molecule has 0 aromatic heterocycles. The topological polar surface area (TPSA) is 99.1 Å². The van der Waals surface area contributed by atoms with E-state index in [-0.39, 0.29) is 25.0 Å². The number of aliphatic hydroxyl groups is 2. The molecule has 2 N–H and O–H groups in total. The molecule has 118 valence electrons. The third-order valence-corrected chi connectivity index (χ3v) is 6.21. The molecule has 4 unspecified atom stereocenters. The fraction of sp³-hybridized carbons (Fsp3) is 0.933. The second-order valence-electron chi connectivity index (χ2n) is 7.31. The van der Waals surface area contributed by atoms with Gasteiger partial charge in [0.05, 0.1) is 13.2 Å². The van der Waals surface area contributed by atoms with Gasteiger partial charge >= 0.3 is 0 Å². The van der Waals surface area contributed by atoms with Crippen LogP contribution in [-0.4, -0.2) is 47.4 Å². The van der Waals surface area contributed by atoms with Crippen LogP contribution in [0.5, 0.6) is 0 Å². The highest BCUT2D eigenvalue weighted by molar-refractivity contribution is 5.73. The van der Waals surface area contributed by atoms with Crippen LogP contribution in [0.2, 0.25) is 0 Å². The first kappa shape index (κ1) is 13.9. The van der Waals surface area contributed by atoms with Gasteiger partial charge in [0.25, 0.3) is 0 Å². The summed E-state index contributed by atoms with van der Waals surface area (Å²) in [5, 5.41) is 30.5. The van der Waals surface area contributed by atoms with Crippen molar-refractivity contribution in [2.75, 3.05) is 13.2 Å². The average Bonchev–Trinajstić information content (AvgIpc) is 2.84. The number of hydrogen-bond donors (Lipinski definition) is 2. The summed E-state index contributed by atoms with van der Waals surface area (Å²) in [4.78, 5) is 11.6.